The Balaban J connectivity index is 0.000000233. The monoisotopic (exact) mass is 1010 g/mol. The molecule has 0 fully saturated rings. The van der Waals surface area contributed by atoms with Gasteiger partial charge >= 0.3 is 130 Å². The molecule has 0 spiro atoms. The first-order valence-corrected chi connectivity index (χ1v) is 36.4. The van der Waals surface area contributed by atoms with Gasteiger partial charge in [0.05, 0.1) is 28.7 Å². The van der Waals surface area contributed by atoms with E-state index in [0.717, 1.165) is 31.8 Å². The maximum absolute atomic E-state index is 14.5. The van der Waals surface area contributed by atoms with Crippen LogP contribution in [0, 0.1) is 11.6 Å². The second kappa shape index (κ2) is 27.6. The molecular weight excluding hydrogens is 980 g/mol. The molecule has 60 heavy (non-hydrogen) atoms. The number of benzene rings is 8. The summed E-state index contributed by atoms with van der Waals surface area (Å²) in [7, 11) is -1.68. The normalized spacial score (nSPS) is 10.4. The second-order valence-electron chi connectivity index (χ2n) is 12.0. The Morgan fingerprint density at radius 1 is 0.633 bits per heavy atom. The summed E-state index contributed by atoms with van der Waals surface area (Å²) < 4.78 is 50.5. The van der Waals surface area contributed by atoms with Crippen molar-refractivity contribution >= 4 is 166 Å². The van der Waals surface area contributed by atoms with Gasteiger partial charge in [-0.1, -0.05) is 120 Å². The molecule has 0 aliphatic rings. The Bertz CT molecular complexity index is 2730. The average molecular weight is 1010 g/mol. The summed E-state index contributed by atoms with van der Waals surface area (Å²) in [5, 5.41) is 35.1. The fourth-order valence-electron chi connectivity index (χ4n) is 6.01. The summed E-state index contributed by atoms with van der Waals surface area (Å²) in [6.07, 6.45) is 0. The molecule has 0 aromatic heterocycles. The van der Waals surface area contributed by atoms with Crippen LogP contribution < -0.4 is 76.5 Å². The van der Waals surface area contributed by atoms with E-state index < -0.39 is 27.0 Å². The third kappa shape index (κ3) is 14.6. The number of ether oxygens (including phenoxy) is 2. The summed E-state index contributed by atoms with van der Waals surface area (Å²) in [6.45, 7) is 0. The number of hydrogen-bond acceptors (Lipinski definition) is 8. The van der Waals surface area contributed by atoms with Crippen LogP contribution in [0.15, 0.2) is 138 Å². The molecule has 8 aromatic carbocycles. The molecule has 8 rings (SSSR count). The molecule has 0 aliphatic heterocycles. The molecule has 0 amide bonds. The molecule has 2 N–H and O–H groups in total. The van der Waals surface area contributed by atoms with E-state index in [1.165, 1.54) is 103 Å². The average Bonchev–Trinajstić information content (AvgIpc) is 3.26. The zero-order valence-electron chi connectivity index (χ0n) is 33.0. The summed E-state index contributed by atoms with van der Waals surface area (Å²) >= 11 is 17.3. The van der Waals surface area contributed by atoms with E-state index in [1.54, 1.807) is 32.4 Å². The topological polar surface area (TPSA) is 131 Å². The molecule has 8 aromatic rings. The van der Waals surface area contributed by atoms with Crippen LogP contribution in [0.2, 0.25) is 10.0 Å². The molecule has 292 valence electrons. The van der Waals surface area contributed by atoms with Crippen molar-refractivity contribution in [3.8, 4) is 22.6 Å². The van der Waals surface area contributed by atoms with E-state index in [2.05, 4.69) is 87.3 Å². The number of methoxy groups -OCH3 is 2. The van der Waals surface area contributed by atoms with Gasteiger partial charge in [-0.15, -0.1) is 0 Å². The van der Waals surface area contributed by atoms with E-state index in [1.807, 2.05) is 30.3 Å². The van der Waals surface area contributed by atoms with Crippen LogP contribution in [0.25, 0.3) is 54.2 Å². The summed E-state index contributed by atoms with van der Waals surface area (Å²) in [5.41, 5.74) is 0.923. The van der Waals surface area contributed by atoms with Gasteiger partial charge in [0.15, 0.2) is 0 Å². The summed E-state index contributed by atoms with van der Waals surface area (Å²) in [4.78, 5) is 8.87. The zero-order chi connectivity index (χ0) is 43.2. The summed E-state index contributed by atoms with van der Waals surface area (Å²) in [6, 6.07) is 42.1. The van der Waals surface area contributed by atoms with Crippen molar-refractivity contribution < 1.29 is 99.1 Å². The Morgan fingerprint density at radius 2 is 1.08 bits per heavy atom. The first-order valence-electron chi connectivity index (χ1n) is 17.7. The molecule has 8 nitrogen and oxygen atoms in total. The first kappa shape index (κ1) is 54.5. The number of fused-ring (bicyclic) bond motifs is 6. The SMILES string of the molecule is COc1cc2c(ccc3ccccc32)cc1-c1cccc(Cl)c1F.COc1cc2c(ccc3ccccc32)cc1Br.O=[P+]([O-])O[O-].OB(O)c1cccc(Cl)c1F.[K+].[K][K]. The third-order valence-corrected chi connectivity index (χ3v) is 9.97. The standard InChI is InChI=1S/C21H14ClFO.C15H11BrO.C6H5BClFO2.3K.HO4P/c1-24-20-12-17-14(10-9-13-5-2-3-6-15(13)17)11-18(20)16-7-4-8-19(22)21(16)23;1-17-15-9-13-11(8-14(15)16)7-6-10-4-2-3-5-12(10)13;8-5-3-1-2-4(6(5)9)7(10)11;;;;1-4-5(2)3/h2-12H,1H3;2-9H,1H3;1-3,10-11H;;;;1H/q;;;;;+1;/p-1. The molecule has 0 radical (unpaired) electrons. The fourth-order valence-corrected chi connectivity index (χ4v) is 6.89. The molecule has 0 bridgehead atoms. The van der Waals surface area contributed by atoms with Crippen molar-refractivity contribution in [3.63, 3.8) is 0 Å². The van der Waals surface area contributed by atoms with Crippen molar-refractivity contribution in [1.29, 1.82) is 0 Å². The summed E-state index contributed by atoms with van der Waals surface area (Å²) in [5.74, 6) is 0.274. The van der Waals surface area contributed by atoms with E-state index in [4.69, 9.17) is 57.4 Å². The van der Waals surface area contributed by atoms with Crippen LogP contribution in [0.1, 0.15) is 0 Å². The molecule has 1 unspecified atom stereocenters. The Kier molecular flexibility index (Phi) is 25.1. The minimum absolute atomic E-state index is 0. The van der Waals surface area contributed by atoms with Crippen molar-refractivity contribution in [2.45, 2.75) is 0 Å². The number of halogens is 5. The molecule has 1 atom stereocenters. The van der Waals surface area contributed by atoms with Crippen LogP contribution >= 0.6 is 47.4 Å². The molecule has 18 heteroatoms. The van der Waals surface area contributed by atoms with Crippen LogP contribution in [-0.2, 0) is 9.24 Å². The second-order valence-corrected chi connectivity index (χ2v) is 14.2. The van der Waals surface area contributed by atoms with Crippen molar-refractivity contribution in [1.82, 2.24) is 0 Å². The molecular formula is C42H30BBrCl2F2K3O8P. The molecule has 0 saturated heterocycles. The zero-order valence-corrected chi connectivity index (χ0v) is 46.3. The Hall–Kier alpha value is 0.194. The number of hydrogen-bond donors (Lipinski definition) is 2. The van der Waals surface area contributed by atoms with Crippen LogP contribution in [-0.4, -0.2) is 94.5 Å². The van der Waals surface area contributed by atoms with Crippen LogP contribution in [0.4, 0.5) is 8.78 Å². The van der Waals surface area contributed by atoms with Gasteiger partial charge in [0, 0.05) is 16.6 Å². The van der Waals surface area contributed by atoms with Crippen molar-refractivity contribution in [3.05, 3.63) is 160 Å². The van der Waals surface area contributed by atoms with Crippen molar-refractivity contribution in [2.24, 2.45) is 0 Å². The molecule has 0 heterocycles. The maximum atomic E-state index is 14.5. The van der Waals surface area contributed by atoms with Crippen LogP contribution in [0.5, 0.6) is 11.5 Å². The van der Waals surface area contributed by atoms with Gasteiger partial charge in [0.25, 0.3) is 0 Å². The van der Waals surface area contributed by atoms with E-state index in [9.17, 15) is 8.78 Å². The van der Waals surface area contributed by atoms with Gasteiger partial charge in [-0.2, -0.15) is 0 Å². The van der Waals surface area contributed by atoms with Gasteiger partial charge in [-0.3, -0.25) is 0 Å². The van der Waals surface area contributed by atoms with Gasteiger partial charge in [0.2, 0.25) is 0 Å². The number of rotatable bonds is 5. The Morgan fingerprint density at radius 3 is 1.57 bits per heavy atom. The third-order valence-electron chi connectivity index (χ3n) is 8.64. The van der Waals surface area contributed by atoms with Gasteiger partial charge in [-0.05, 0) is 100.0 Å². The van der Waals surface area contributed by atoms with Gasteiger partial charge in [-0.25, -0.2) is 13.5 Å². The van der Waals surface area contributed by atoms with Crippen molar-refractivity contribution in [2.75, 3.05) is 14.2 Å². The predicted octanol–water partition coefficient (Wildman–Crippen LogP) is 5.92. The van der Waals surface area contributed by atoms with E-state index >= 15 is 0 Å². The van der Waals surface area contributed by atoms with E-state index in [-0.39, 0.29) is 66.9 Å². The molecule has 0 saturated carbocycles. The fraction of sp³-hybridized carbons (Fsp3) is 0.0476. The Labute approximate surface area is 452 Å². The first-order chi connectivity index (χ1) is 28.4. The predicted molar refractivity (Wildman–Crippen MR) is 236 cm³/mol. The van der Waals surface area contributed by atoms with Gasteiger partial charge in [0.1, 0.15) is 23.1 Å². The minimum atomic E-state index is -3.15. The quantitative estimate of drug-likeness (QED) is 0.0715. The molecule has 0 aliphatic carbocycles. The van der Waals surface area contributed by atoms with Crippen LogP contribution in [0.3, 0.4) is 0 Å². The van der Waals surface area contributed by atoms with Gasteiger partial charge < -0.3 is 29.7 Å². The van der Waals surface area contributed by atoms with E-state index in [0.29, 0.717) is 16.9 Å².